The van der Waals surface area contributed by atoms with E-state index in [-0.39, 0.29) is 28.6 Å². The lowest BCUT2D eigenvalue weighted by molar-refractivity contribution is 0.0697. The minimum absolute atomic E-state index is 0.167. The number of aliphatic hydroxyl groups excluding tert-OH is 2. The van der Waals surface area contributed by atoms with Crippen LogP contribution in [0.15, 0.2) is 35.3 Å². The summed E-state index contributed by atoms with van der Waals surface area (Å²) in [5.41, 5.74) is -0.273. The second kappa shape index (κ2) is 4.87. The van der Waals surface area contributed by atoms with Gasteiger partial charge in [-0.1, -0.05) is 13.8 Å². The highest BCUT2D eigenvalue weighted by atomic mass is 16.3. The van der Waals surface area contributed by atoms with Crippen LogP contribution in [0.1, 0.15) is 34.6 Å². The predicted molar refractivity (Wildman–Crippen MR) is 80.6 cm³/mol. The van der Waals surface area contributed by atoms with E-state index in [1.165, 1.54) is 6.08 Å². The summed E-state index contributed by atoms with van der Waals surface area (Å²) in [6.45, 7) is 3.56. The van der Waals surface area contributed by atoms with Crippen molar-refractivity contribution in [1.82, 2.24) is 0 Å². The number of carbonyl (C=O) groups excluding carboxylic acids is 2. The molecule has 120 valence electrons. The van der Waals surface area contributed by atoms with Gasteiger partial charge in [-0.05, 0) is 29.7 Å². The third kappa shape index (κ3) is 1.94. The van der Waals surface area contributed by atoms with Crippen molar-refractivity contribution in [1.29, 1.82) is 0 Å². The maximum atomic E-state index is 12.7. The lowest BCUT2D eigenvalue weighted by atomic mass is 9.68. The van der Waals surface area contributed by atoms with Crippen LogP contribution >= 0.6 is 0 Å². The molecule has 6 heteroatoms. The van der Waals surface area contributed by atoms with Gasteiger partial charge >= 0.3 is 0 Å². The van der Waals surface area contributed by atoms with E-state index >= 15 is 0 Å². The maximum absolute atomic E-state index is 12.7. The van der Waals surface area contributed by atoms with Gasteiger partial charge in [0.05, 0.1) is 23.0 Å². The monoisotopic (exact) mass is 316 g/mol. The first kappa shape index (κ1) is 15.1. The Bertz CT molecular complexity index is 800. The molecule has 0 spiro atoms. The van der Waals surface area contributed by atoms with Crippen molar-refractivity contribution in [3.8, 4) is 11.5 Å². The lowest BCUT2D eigenvalue weighted by Gasteiger charge is -2.34. The van der Waals surface area contributed by atoms with Gasteiger partial charge in [-0.25, -0.2) is 0 Å². The Kier molecular flexibility index (Phi) is 3.21. The van der Waals surface area contributed by atoms with Crippen molar-refractivity contribution >= 4 is 11.6 Å². The van der Waals surface area contributed by atoms with Crippen LogP contribution in [-0.4, -0.2) is 32.0 Å². The van der Waals surface area contributed by atoms with Gasteiger partial charge in [0.15, 0.2) is 11.6 Å². The first-order valence-electron chi connectivity index (χ1n) is 7.22. The maximum Gasteiger partial charge on any atom is 0.179 e. The largest absolute Gasteiger partial charge is 0.511 e. The average Bonchev–Trinajstić information content (AvgIpc) is 2.48. The Morgan fingerprint density at radius 2 is 1.35 bits per heavy atom. The zero-order valence-electron chi connectivity index (χ0n) is 12.6. The van der Waals surface area contributed by atoms with Gasteiger partial charge in [-0.3, -0.25) is 9.59 Å². The molecular formula is C17H16O6. The van der Waals surface area contributed by atoms with Gasteiger partial charge < -0.3 is 20.4 Å². The lowest BCUT2D eigenvalue weighted by Crippen LogP contribution is -2.41. The molecule has 2 atom stereocenters. The van der Waals surface area contributed by atoms with E-state index in [1.54, 1.807) is 13.8 Å². The molecule has 4 N–H and O–H groups in total. The fourth-order valence-corrected chi connectivity index (χ4v) is 3.25. The van der Waals surface area contributed by atoms with Crippen LogP contribution in [0.25, 0.3) is 0 Å². The van der Waals surface area contributed by atoms with Crippen LogP contribution in [0.5, 0.6) is 11.5 Å². The molecule has 0 saturated heterocycles. The normalized spacial score (nSPS) is 23.7. The third-order valence-electron chi connectivity index (χ3n) is 4.39. The highest BCUT2D eigenvalue weighted by molar-refractivity contribution is 6.20. The van der Waals surface area contributed by atoms with Crippen LogP contribution < -0.4 is 0 Å². The van der Waals surface area contributed by atoms with Gasteiger partial charge in [-0.15, -0.1) is 0 Å². The van der Waals surface area contributed by atoms with Crippen LogP contribution in [0, 0.1) is 17.8 Å². The predicted octanol–water partition coefficient (Wildman–Crippen LogP) is 2.63. The zero-order chi connectivity index (χ0) is 17.0. The number of aliphatic hydroxyl groups is 2. The van der Waals surface area contributed by atoms with E-state index in [1.807, 2.05) is 0 Å². The Morgan fingerprint density at radius 1 is 0.870 bits per heavy atom. The molecule has 2 aliphatic carbocycles. The van der Waals surface area contributed by atoms with Crippen LogP contribution in [-0.2, 0) is 0 Å². The number of ketones is 2. The van der Waals surface area contributed by atoms with Crippen LogP contribution in [0.3, 0.4) is 0 Å². The smallest absolute Gasteiger partial charge is 0.179 e. The quantitative estimate of drug-likeness (QED) is 0.592. The standard InChI is InChI=1S/C17H16O6/c1-6(2)7-5-10(20)13-14(15(7)21)17(23)12-9(19)4-3-8(18)11(12)16(13)22/h3-6,13-14,18-21H,1-2H3. The summed E-state index contributed by atoms with van der Waals surface area (Å²) in [7, 11) is 0. The van der Waals surface area contributed by atoms with Gasteiger partial charge in [0.2, 0.25) is 0 Å². The zero-order valence-corrected chi connectivity index (χ0v) is 12.6. The van der Waals surface area contributed by atoms with E-state index in [0.29, 0.717) is 5.57 Å². The number of Topliss-reactive ketones (excluding diaryl/α,β-unsaturated/α-hetero) is 2. The van der Waals surface area contributed by atoms with Crippen LogP contribution in [0.4, 0.5) is 0 Å². The summed E-state index contributed by atoms with van der Waals surface area (Å²) < 4.78 is 0. The molecule has 0 fully saturated rings. The number of phenols is 2. The highest BCUT2D eigenvalue weighted by Gasteiger charge is 2.50. The number of rotatable bonds is 1. The van der Waals surface area contributed by atoms with E-state index in [2.05, 4.69) is 0 Å². The van der Waals surface area contributed by atoms with Crippen molar-refractivity contribution in [3.05, 3.63) is 46.4 Å². The average molecular weight is 316 g/mol. The molecule has 0 saturated carbocycles. The molecule has 1 aromatic carbocycles. The summed E-state index contributed by atoms with van der Waals surface area (Å²) in [6.07, 6.45) is 1.29. The first-order chi connectivity index (χ1) is 10.8. The number of carbonyl (C=O) groups is 2. The van der Waals surface area contributed by atoms with Crippen molar-refractivity contribution in [2.45, 2.75) is 13.8 Å². The molecule has 6 nitrogen and oxygen atoms in total. The molecule has 2 unspecified atom stereocenters. The molecule has 0 amide bonds. The number of fused-ring (bicyclic) bond motifs is 2. The Labute approximate surface area is 132 Å². The molecule has 0 bridgehead atoms. The molecule has 0 aliphatic heterocycles. The van der Waals surface area contributed by atoms with Gasteiger partial charge in [-0.2, -0.15) is 0 Å². The van der Waals surface area contributed by atoms with Crippen LogP contribution in [0.2, 0.25) is 0 Å². The minimum atomic E-state index is -1.29. The summed E-state index contributed by atoms with van der Waals surface area (Å²) in [4.78, 5) is 25.4. The Morgan fingerprint density at radius 3 is 1.83 bits per heavy atom. The number of hydrogen-bond donors (Lipinski definition) is 4. The summed E-state index contributed by atoms with van der Waals surface area (Å²) in [5.74, 6) is -5.65. The molecular weight excluding hydrogens is 300 g/mol. The second-order valence-corrected chi connectivity index (χ2v) is 6.10. The topological polar surface area (TPSA) is 115 Å². The SMILES string of the molecule is CC(C)C1=C(O)C2C(=O)c3c(O)ccc(O)c3C(=O)C2C(O)=C1. The van der Waals surface area contributed by atoms with Crippen molar-refractivity contribution in [2.75, 3.05) is 0 Å². The van der Waals surface area contributed by atoms with Gasteiger partial charge in [0.1, 0.15) is 23.0 Å². The first-order valence-corrected chi connectivity index (χ1v) is 7.22. The summed E-state index contributed by atoms with van der Waals surface area (Å²) >= 11 is 0. The fraction of sp³-hybridized carbons (Fsp3) is 0.294. The molecule has 0 aromatic heterocycles. The summed E-state index contributed by atoms with van der Waals surface area (Å²) in [5, 5.41) is 40.5. The molecule has 2 aliphatic rings. The van der Waals surface area contributed by atoms with E-state index < -0.39 is 34.9 Å². The fourth-order valence-electron chi connectivity index (χ4n) is 3.25. The highest BCUT2D eigenvalue weighted by Crippen LogP contribution is 2.46. The van der Waals surface area contributed by atoms with Gasteiger partial charge in [0, 0.05) is 0 Å². The number of aromatic hydroxyl groups is 2. The molecule has 3 rings (SSSR count). The van der Waals surface area contributed by atoms with E-state index in [9.17, 15) is 30.0 Å². The van der Waals surface area contributed by atoms with Crippen molar-refractivity contribution < 1.29 is 30.0 Å². The minimum Gasteiger partial charge on any atom is -0.511 e. The van der Waals surface area contributed by atoms with Crippen molar-refractivity contribution in [2.24, 2.45) is 17.8 Å². The molecule has 23 heavy (non-hydrogen) atoms. The molecule has 0 heterocycles. The Hall–Kier alpha value is -2.76. The number of hydrogen-bond acceptors (Lipinski definition) is 6. The molecule has 0 radical (unpaired) electrons. The van der Waals surface area contributed by atoms with Crippen molar-refractivity contribution in [3.63, 3.8) is 0 Å². The third-order valence-corrected chi connectivity index (χ3v) is 4.39. The summed E-state index contributed by atoms with van der Waals surface area (Å²) in [6, 6.07) is 2.22. The number of benzene rings is 1. The number of allylic oxidation sites excluding steroid dienone is 4. The van der Waals surface area contributed by atoms with Gasteiger partial charge in [0.25, 0.3) is 0 Å². The number of phenolic OH excluding ortho intramolecular Hbond substituents is 2. The van der Waals surface area contributed by atoms with E-state index in [4.69, 9.17) is 0 Å². The van der Waals surface area contributed by atoms with E-state index in [0.717, 1.165) is 12.1 Å². The Balaban J connectivity index is 2.30. The molecule has 1 aromatic rings. The second-order valence-electron chi connectivity index (χ2n) is 6.10.